The van der Waals surface area contributed by atoms with Gasteiger partial charge >= 0.3 is 12.1 Å². The Kier molecular flexibility index (Phi) is 6.87. The molecule has 174 valence electrons. The number of anilines is 1. The maximum Gasteiger partial charge on any atom is 0.411 e. The number of carboxylic acid groups (broad SMARTS) is 1. The normalized spacial score (nSPS) is 12.9. The SMILES string of the molecule is C[C@@H](C(=O)O)N(C)C(=O)c1cc(I)cc(NC(=O)OCC2c3ccccc3-c3ccccc32)c1. The third-order valence-electron chi connectivity index (χ3n) is 5.99. The van der Waals surface area contributed by atoms with Crippen molar-refractivity contribution in [3.63, 3.8) is 0 Å². The van der Waals surface area contributed by atoms with Crippen LogP contribution in [0.2, 0.25) is 0 Å². The molecule has 2 N–H and O–H groups in total. The summed E-state index contributed by atoms with van der Waals surface area (Å²) in [6.07, 6.45) is -0.630. The zero-order valence-electron chi connectivity index (χ0n) is 18.6. The quantitative estimate of drug-likeness (QED) is 0.398. The van der Waals surface area contributed by atoms with Crippen LogP contribution in [0.25, 0.3) is 11.1 Å². The topological polar surface area (TPSA) is 95.9 Å². The van der Waals surface area contributed by atoms with Crippen LogP contribution in [0.5, 0.6) is 0 Å². The number of rotatable bonds is 6. The number of aliphatic carboxylic acids is 1. The molecule has 0 radical (unpaired) electrons. The third kappa shape index (κ3) is 4.77. The molecule has 34 heavy (non-hydrogen) atoms. The zero-order valence-corrected chi connectivity index (χ0v) is 20.8. The standard InChI is InChI=1S/C26H23IN2O5/c1-15(25(31)32)29(2)24(30)16-11-17(27)13-18(12-16)28-26(33)34-14-23-21-9-5-3-7-19(21)20-8-4-6-10-22(20)23/h3-13,15,23H,14H2,1-2H3,(H,28,33)(H,31,32)/t15-/m0/s1. The number of hydrogen-bond acceptors (Lipinski definition) is 4. The van der Waals surface area contributed by atoms with Crippen LogP contribution < -0.4 is 5.32 Å². The van der Waals surface area contributed by atoms with Gasteiger partial charge in [0.2, 0.25) is 0 Å². The molecule has 3 aromatic rings. The number of benzene rings is 3. The fourth-order valence-corrected chi connectivity index (χ4v) is 4.75. The molecule has 0 saturated heterocycles. The lowest BCUT2D eigenvalue weighted by molar-refractivity contribution is -0.141. The van der Waals surface area contributed by atoms with Crippen molar-refractivity contribution in [2.75, 3.05) is 19.0 Å². The van der Waals surface area contributed by atoms with Crippen LogP contribution in [-0.2, 0) is 9.53 Å². The van der Waals surface area contributed by atoms with Gasteiger partial charge in [-0.1, -0.05) is 48.5 Å². The summed E-state index contributed by atoms with van der Waals surface area (Å²) in [5.41, 5.74) is 5.20. The van der Waals surface area contributed by atoms with Crippen molar-refractivity contribution in [1.82, 2.24) is 4.90 Å². The Bertz CT molecular complexity index is 1230. The molecule has 8 heteroatoms. The largest absolute Gasteiger partial charge is 0.480 e. The van der Waals surface area contributed by atoms with E-state index in [9.17, 15) is 19.5 Å². The number of likely N-dealkylation sites (N-methyl/N-ethyl adjacent to an activating group) is 1. The van der Waals surface area contributed by atoms with Gasteiger partial charge in [-0.25, -0.2) is 9.59 Å². The summed E-state index contributed by atoms with van der Waals surface area (Å²) >= 11 is 2.04. The Labute approximate surface area is 210 Å². The summed E-state index contributed by atoms with van der Waals surface area (Å²) in [6.45, 7) is 1.61. The highest BCUT2D eigenvalue weighted by molar-refractivity contribution is 14.1. The first-order valence-corrected chi connectivity index (χ1v) is 11.8. The summed E-state index contributed by atoms with van der Waals surface area (Å²) in [5.74, 6) is -1.61. The monoisotopic (exact) mass is 570 g/mol. The molecule has 7 nitrogen and oxygen atoms in total. The van der Waals surface area contributed by atoms with E-state index in [2.05, 4.69) is 17.4 Å². The molecule has 1 aliphatic rings. The number of ether oxygens (including phenoxy) is 1. The van der Waals surface area contributed by atoms with E-state index in [0.29, 0.717) is 9.26 Å². The summed E-state index contributed by atoms with van der Waals surface area (Å²) in [6, 6.07) is 20.1. The Morgan fingerprint density at radius 2 is 1.62 bits per heavy atom. The molecule has 1 aliphatic carbocycles. The van der Waals surface area contributed by atoms with Crippen LogP contribution >= 0.6 is 22.6 Å². The fraction of sp³-hybridized carbons (Fsp3) is 0.192. The molecule has 0 aliphatic heterocycles. The van der Waals surface area contributed by atoms with E-state index in [1.807, 2.05) is 59.0 Å². The number of nitrogens with one attached hydrogen (secondary N) is 1. The third-order valence-corrected chi connectivity index (χ3v) is 6.62. The molecular weight excluding hydrogens is 547 g/mol. The number of fused-ring (bicyclic) bond motifs is 3. The molecule has 0 saturated carbocycles. The van der Waals surface area contributed by atoms with Crippen molar-refractivity contribution < 1.29 is 24.2 Å². The molecule has 4 rings (SSSR count). The fourth-order valence-electron chi connectivity index (χ4n) is 4.08. The molecule has 0 heterocycles. The molecule has 0 bridgehead atoms. The highest BCUT2D eigenvalue weighted by atomic mass is 127. The minimum Gasteiger partial charge on any atom is -0.480 e. The Morgan fingerprint density at radius 3 is 2.21 bits per heavy atom. The van der Waals surface area contributed by atoms with Crippen LogP contribution in [0.3, 0.4) is 0 Å². The van der Waals surface area contributed by atoms with E-state index in [-0.39, 0.29) is 18.1 Å². The molecule has 3 aromatic carbocycles. The predicted octanol–water partition coefficient (Wildman–Crippen LogP) is 5.20. The maximum absolute atomic E-state index is 12.7. The molecule has 1 atom stereocenters. The summed E-state index contributed by atoms with van der Waals surface area (Å²) in [4.78, 5) is 37.7. The van der Waals surface area contributed by atoms with Gasteiger partial charge in [-0.2, -0.15) is 0 Å². The lowest BCUT2D eigenvalue weighted by atomic mass is 9.98. The van der Waals surface area contributed by atoms with Crippen molar-refractivity contribution in [2.24, 2.45) is 0 Å². The van der Waals surface area contributed by atoms with Crippen molar-refractivity contribution in [3.8, 4) is 11.1 Å². The van der Waals surface area contributed by atoms with Gasteiger partial charge < -0.3 is 14.7 Å². The number of amides is 2. The van der Waals surface area contributed by atoms with Gasteiger partial charge in [-0.05, 0) is 70.0 Å². The van der Waals surface area contributed by atoms with Crippen LogP contribution in [0.4, 0.5) is 10.5 Å². The number of nitrogens with zero attached hydrogens (tertiary/aromatic N) is 1. The van der Waals surface area contributed by atoms with Gasteiger partial charge in [0.25, 0.3) is 5.91 Å². The highest BCUT2D eigenvalue weighted by Gasteiger charge is 2.29. The molecule has 0 fully saturated rings. The number of halogens is 1. The Balaban J connectivity index is 1.46. The smallest absolute Gasteiger partial charge is 0.411 e. The predicted molar refractivity (Wildman–Crippen MR) is 137 cm³/mol. The average Bonchev–Trinajstić information content (AvgIpc) is 3.14. The van der Waals surface area contributed by atoms with Crippen LogP contribution in [0.15, 0.2) is 66.7 Å². The lowest BCUT2D eigenvalue weighted by Crippen LogP contribution is -2.40. The number of hydrogen-bond donors (Lipinski definition) is 2. The Hall–Kier alpha value is -3.40. The van der Waals surface area contributed by atoms with Gasteiger partial charge in [0, 0.05) is 27.8 Å². The number of carboxylic acids is 1. The van der Waals surface area contributed by atoms with Crippen LogP contribution in [0, 0.1) is 3.57 Å². The van der Waals surface area contributed by atoms with E-state index >= 15 is 0 Å². The first-order valence-electron chi connectivity index (χ1n) is 10.7. The Morgan fingerprint density at radius 1 is 1.03 bits per heavy atom. The van der Waals surface area contributed by atoms with Crippen molar-refractivity contribution in [2.45, 2.75) is 18.9 Å². The number of carbonyl (C=O) groups excluding carboxylic acids is 2. The zero-order chi connectivity index (χ0) is 24.4. The molecular formula is C26H23IN2O5. The van der Waals surface area contributed by atoms with Crippen molar-refractivity contribution in [3.05, 3.63) is 87.0 Å². The van der Waals surface area contributed by atoms with E-state index in [1.54, 1.807) is 12.1 Å². The second-order valence-electron chi connectivity index (χ2n) is 8.11. The van der Waals surface area contributed by atoms with Gasteiger partial charge in [0.1, 0.15) is 12.6 Å². The molecule has 0 unspecified atom stereocenters. The van der Waals surface area contributed by atoms with E-state index in [0.717, 1.165) is 27.2 Å². The summed E-state index contributed by atoms with van der Waals surface area (Å²) in [7, 11) is 1.43. The van der Waals surface area contributed by atoms with E-state index in [1.165, 1.54) is 20.0 Å². The summed E-state index contributed by atoms with van der Waals surface area (Å²) in [5, 5.41) is 11.9. The van der Waals surface area contributed by atoms with Crippen LogP contribution in [0.1, 0.15) is 34.3 Å². The van der Waals surface area contributed by atoms with Gasteiger partial charge in [0.15, 0.2) is 0 Å². The molecule has 2 amide bonds. The van der Waals surface area contributed by atoms with Crippen LogP contribution in [-0.4, -0.2) is 47.7 Å². The maximum atomic E-state index is 12.7. The highest BCUT2D eigenvalue weighted by Crippen LogP contribution is 2.44. The average molecular weight is 570 g/mol. The van der Waals surface area contributed by atoms with Gasteiger partial charge in [-0.3, -0.25) is 10.1 Å². The van der Waals surface area contributed by atoms with E-state index in [4.69, 9.17) is 4.74 Å². The first-order chi connectivity index (χ1) is 16.3. The second kappa shape index (κ2) is 9.84. The lowest BCUT2D eigenvalue weighted by Gasteiger charge is -2.22. The van der Waals surface area contributed by atoms with Gasteiger partial charge in [0.05, 0.1) is 0 Å². The molecule has 0 spiro atoms. The summed E-state index contributed by atoms with van der Waals surface area (Å²) < 4.78 is 6.29. The molecule has 0 aromatic heterocycles. The number of carbonyl (C=O) groups is 3. The second-order valence-corrected chi connectivity index (χ2v) is 9.36. The first kappa shape index (κ1) is 23.7. The van der Waals surface area contributed by atoms with Crippen molar-refractivity contribution in [1.29, 1.82) is 0 Å². The van der Waals surface area contributed by atoms with E-state index < -0.39 is 24.0 Å². The minimum atomic E-state index is -1.10. The minimum absolute atomic E-state index is 0.0580. The van der Waals surface area contributed by atoms with Gasteiger partial charge in [-0.15, -0.1) is 0 Å². The van der Waals surface area contributed by atoms with Crippen molar-refractivity contribution >= 4 is 46.2 Å².